The lowest BCUT2D eigenvalue weighted by molar-refractivity contribution is 0.0383. The van der Waals surface area contributed by atoms with Gasteiger partial charge in [0.05, 0.1) is 6.10 Å². The topological polar surface area (TPSA) is 20.2 Å². The average molecular weight is 226 g/mol. The lowest BCUT2D eigenvalue weighted by atomic mass is 9.74. The van der Waals surface area contributed by atoms with E-state index in [-0.39, 0.29) is 6.10 Å². The van der Waals surface area contributed by atoms with Crippen LogP contribution in [0, 0.1) is 11.8 Å². The molecule has 1 saturated carbocycles. The summed E-state index contributed by atoms with van der Waals surface area (Å²) in [7, 11) is 0. The third kappa shape index (κ3) is 4.45. The number of rotatable bonds is 7. The van der Waals surface area contributed by atoms with Crippen molar-refractivity contribution in [3.05, 3.63) is 0 Å². The van der Waals surface area contributed by atoms with E-state index in [1.807, 2.05) is 0 Å². The molecule has 1 rings (SSSR count). The maximum atomic E-state index is 10.3. The summed E-state index contributed by atoms with van der Waals surface area (Å²) in [6, 6.07) is 0. The molecule has 0 saturated heterocycles. The SMILES string of the molecule is CCCCCCC(O)C1CCCCC1CC. The Morgan fingerprint density at radius 1 is 1.06 bits per heavy atom. The molecule has 0 aromatic carbocycles. The van der Waals surface area contributed by atoms with Gasteiger partial charge in [-0.1, -0.05) is 65.2 Å². The van der Waals surface area contributed by atoms with E-state index in [1.54, 1.807) is 0 Å². The Morgan fingerprint density at radius 3 is 2.50 bits per heavy atom. The van der Waals surface area contributed by atoms with E-state index >= 15 is 0 Å². The van der Waals surface area contributed by atoms with Gasteiger partial charge in [0.1, 0.15) is 0 Å². The Labute approximate surface area is 102 Å². The maximum absolute atomic E-state index is 10.3. The molecule has 1 heteroatoms. The van der Waals surface area contributed by atoms with Crippen LogP contribution in [0.2, 0.25) is 0 Å². The Bertz CT molecular complexity index is 167. The van der Waals surface area contributed by atoms with Crippen molar-refractivity contribution < 1.29 is 5.11 Å². The van der Waals surface area contributed by atoms with Crippen molar-refractivity contribution in [3.8, 4) is 0 Å². The van der Waals surface area contributed by atoms with Crippen LogP contribution in [0.25, 0.3) is 0 Å². The molecule has 1 nitrogen and oxygen atoms in total. The molecule has 96 valence electrons. The molecule has 3 unspecified atom stereocenters. The number of hydrogen-bond acceptors (Lipinski definition) is 1. The molecule has 0 aliphatic heterocycles. The maximum Gasteiger partial charge on any atom is 0.0571 e. The predicted octanol–water partition coefficient (Wildman–Crippen LogP) is 4.53. The van der Waals surface area contributed by atoms with Gasteiger partial charge in [-0.15, -0.1) is 0 Å². The Morgan fingerprint density at radius 2 is 1.81 bits per heavy atom. The van der Waals surface area contributed by atoms with Crippen LogP contribution in [-0.2, 0) is 0 Å². The summed E-state index contributed by atoms with van der Waals surface area (Å²) in [5, 5.41) is 10.3. The third-order valence-corrected chi connectivity index (χ3v) is 4.34. The van der Waals surface area contributed by atoms with Crippen LogP contribution < -0.4 is 0 Å². The first-order valence-electron chi connectivity index (χ1n) is 7.47. The van der Waals surface area contributed by atoms with Crippen LogP contribution >= 0.6 is 0 Å². The highest BCUT2D eigenvalue weighted by atomic mass is 16.3. The summed E-state index contributed by atoms with van der Waals surface area (Å²) in [4.78, 5) is 0. The summed E-state index contributed by atoms with van der Waals surface area (Å²) in [5.41, 5.74) is 0. The zero-order valence-corrected chi connectivity index (χ0v) is 11.3. The Hall–Kier alpha value is -0.0400. The molecular formula is C15H30O. The van der Waals surface area contributed by atoms with Crippen molar-refractivity contribution in [2.45, 2.75) is 84.2 Å². The van der Waals surface area contributed by atoms with Gasteiger partial charge < -0.3 is 5.11 Å². The van der Waals surface area contributed by atoms with Crippen LogP contribution in [0.5, 0.6) is 0 Å². The smallest absolute Gasteiger partial charge is 0.0571 e. The van der Waals surface area contributed by atoms with Gasteiger partial charge in [-0.05, 0) is 24.7 Å². The van der Waals surface area contributed by atoms with Gasteiger partial charge in [0.2, 0.25) is 0 Å². The van der Waals surface area contributed by atoms with Gasteiger partial charge in [-0.2, -0.15) is 0 Å². The van der Waals surface area contributed by atoms with Crippen molar-refractivity contribution in [2.75, 3.05) is 0 Å². The lowest BCUT2D eigenvalue weighted by Crippen LogP contribution is -2.30. The van der Waals surface area contributed by atoms with Crippen molar-refractivity contribution in [2.24, 2.45) is 11.8 Å². The Kier molecular flexibility index (Phi) is 7.11. The Balaban J connectivity index is 2.24. The van der Waals surface area contributed by atoms with Crippen LogP contribution in [0.4, 0.5) is 0 Å². The second-order valence-corrected chi connectivity index (χ2v) is 5.53. The molecule has 0 aromatic heterocycles. The van der Waals surface area contributed by atoms with Crippen molar-refractivity contribution in [1.82, 2.24) is 0 Å². The van der Waals surface area contributed by atoms with Gasteiger partial charge >= 0.3 is 0 Å². The molecule has 1 N–H and O–H groups in total. The van der Waals surface area contributed by atoms with Crippen molar-refractivity contribution >= 4 is 0 Å². The summed E-state index contributed by atoms with van der Waals surface area (Å²) in [6.45, 7) is 4.53. The minimum Gasteiger partial charge on any atom is -0.393 e. The summed E-state index contributed by atoms with van der Waals surface area (Å²) >= 11 is 0. The first kappa shape index (κ1) is 14.0. The van der Waals surface area contributed by atoms with E-state index in [4.69, 9.17) is 0 Å². The van der Waals surface area contributed by atoms with E-state index < -0.39 is 0 Å². The van der Waals surface area contributed by atoms with Crippen molar-refractivity contribution in [1.29, 1.82) is 0 Å². The number of unbranched alkanes of at least 4 members (excludes halogenated alkanes) is 3. The molecular weight excluding hydrogens is 196 g/mol. The molecule has 3 atom stereocenters. The van der Waals surface area contributed by atoms with Gasteiger partial charge in [0.25, 0.3) is 0 Å². The van der Waals surface area contributed by atoms with E-state index in [1.165, 1.54) is 57.8 Å². The summed E-state index contributed by atoms with van der Waals surface area (Å²) in [6.07, 6.45) is 12.8. The first-order valence-corrected chi connectivity index (χ1v) is 7.47. The highest BCUT2D eigenvalue weighted by Gasteiger charge is 2.28. The molecule has 1 fully saturated rings. The zero-order chi connectivity index (χ0) is 11.8. The van der Waals surface area contributed by atoms with Crippen molar-refractivity contribution in [3.63, 3.8) is 0 Å². The van der Waals surface area contributed by atoms with E-state index in [0.717, 1.165) is 12.3 Å². The zero-order valence-electron chi connectivity index (χ0n) is 11.3. The monoisotopic (exact) mass is 226 g/mol. The predicted molar refractivity (Wildman–Crippen MR) is 70.5 cm³/mol. The quantitative estimate of drug-likeness (QED) is 0.632. The summed E-state index contributed by atoms with van der Waals surface area (Å²) < 4.78 is 0. The van der Waals surface area contributed by atoms with Crippen LogP contribution in [0.15, 0.2) is 0 Å². The van der Waals surface area contributed by atoms with Crippen LogP contribution in [-0.4, -0.2) is 11.2 Å². The summed E-state index contributed by atoms with van der Waals surface area (Å²) in [5.74, 6) is 1.41. The van der Waals surface area contributed by atoms with E-state index in [0.29, 0.717) is 5.92 Å². The number of aliphatic hydroxyl groups is 1. The van der Waals surface area contributed by atoms with Gasteiger partial charge in [0, 0.05) is 0 Å². The first-order chi connectivity index (χ1) is 7.79. The molecule has 0 aromatic rings. The molecule has 1 aliphatic carbocycles. The normalized spacial score (nSPS) is 27.9. The standard InChI is InChI=1S/C15H30O/c1-3-5-6-7-12-15(16)14-11-9-8-10-13(14)4-2/h13-16H,3-12H2,1-2H3. The molecule has 1 aliphatic rings. The molecule has 0 radical (unpaired) electrons. The lowest BCUT2D eigenvalue weighted by Gasteiger charge is -2.34. The van der Waals surface area contributed by atoms with Gasteiger partial charge in [-0.25, -0.2) is 0 Å². The highest BCUT2D eigenvalue weighted by Crippen LogP contribution is 2.35. The van der Waals surface area contributed by atoms with E-state index in [2.05, 4.69) is 13.8 Å². The fourth-order valence-electron chi connectivity index (χ4n) is 3.24. The molecule has 0 spiro atoms. The van der Waals surface area contributed by atoms with Gasteiger partial charge in [0.15, 0.2) is 0 Å². The third-order valence-electron chi connectivity index (χ3n) is 4.34. The fraction of sp³-hybridized carbons (Fsp3) is 1.00. The molecule has 0 amide bonds. The minimum absolute atomic E-state index is 0.0119. The molecule has 0 heterocycles. The van der Waals surface area contributed by atoms with E-state index in [9.17, 15) is 5.11 Å². The minimum atomic E-state index is -0.0119. The largest absolute Gasteiger partial charge is 0.393 e. The number of hydrogen-bond donors (Lipinski definition) is 1. The van der Waals surface area contributed by atoms with Crippen LogP contribution in [0.3, 0.4) is 0 Å². The second kappa shape index (κ2) is 8.11. The average Bonchev–Trinajstić information content (AvgIpc) is 2.34. The number of aliphatic hydroxyl groups excluding tert-OH is 1. The highest BCUT2D eigenvalue weighted by molar-refractivity contribution is 4.80. The molecule has 0 bridgehead atoms. The fourth-order valence-corrected chi connectivity index (χ4v) is 3.24. The molecule has 16 heavy (non-hydrogen) atoms. The second-order valence-electron chi connectivity index (χ2n) is 5.53. The van der Waals surface area contributed by atoms with Gasteiger partial charge in [-0.3, -0.25) is 0 Å². The van der Waals surface area contributed by atoms with Crippen LogP contribution in [0.1, 0.15) is 78.1 Å².